The molecule has 8 heteroatoms. The van der Waals surface area contributed by atoms with Gasteiger partial charge >= 0.3 is 186 Å². The van der Waals surface area contributed by atoms with Gasteiger partial charge in [-0.15, -0.1) is 0 Å². The van der Waals surface area contributed by atoms with Crippen molar-refractivity contribution in [2.75, 3.05) is 27.2 Å². The van der Waals surface area contributed by atoms with E-state index in [-0.39, 0.29) is 18.8 Å². The second-order valence-corrected chi connectivity index (χ2v) is 7.99. The fourth-order valence-corrected chi connectivity index (χ4v) is 3.44. The summed E-state index contributed by atoms with van der Waals surface area (Å²) in [5, 5.41) is 13.2. The fourth-order valence-electron chi connectivity index (χ4n) is 2.60. The van der Waals surface area contributed by atoms with Crippen LogP contribution >= 0.6 is 0 Å². The number of hydrogen-bond donors (Lipinski definition) is 1. The van der Waals surface area contributed by atoms with E-state index >= 15 is 0 Å². The van der Waals surface area contributed by atoms with Crippen molar-refractivity contribution in [1.29, 1.82) is 0 Å². The van der Waals surface area contributed by atoms with E-state index in [1.54, 1.807) is 23.9 Å². The normalized spacial score (nSPS) is 11.2. The number of carbonyl (C=O) groups excluding carboxylic acids is 1. The molecule has 29 heavy (non-hydrogen) atoms. The average Bonchev–Trinajstić information content (AvgIpc) is 2.74. The summed E-state index contributed by atoms with van der Waals surface area (Å²) in [5.74, 6) is -0.927. The van der Waals surface area contributed by atoms with Crippen LogP contribution in [0.4, 0.5) is 0 Å². The molecule has 0 spiro atoms. The predicted molar refractivity (Wildman–Crippen MR) is 118 cm³/mol. The molecule has 150 valence electrons. The first-order valence-electron chi connectivity index (χ1n) is 8.74. The molecular weight excluding hydrogens is 500 g/mol. The number of Topliss-reactive ketones (excluding diaryl/α,β-unsaturated/α-hetero) is 1. The Morgan fingerprint density at radius 1 is 0.862 bits per heavy atom. The maximum absolute atomic E-state index is 12.6. The maximum atomic E-state index is 12.6. The molecule has 2 aromatic carbocycles. The van der Waals surface area contributed by atoms with Gasteiger partial charge in [0.2, 0.25) is 0 Å². The van der Waals surface area contributed by atoms with Crippen LogP contribution < -0.4 is 0 Å². The van der Waals surface area contributed by atoms with Crippen molar-refractivity contribution in [3.8, 4) is 0 Å². The van der Waals surface area contributed by atoms with Gasteiger partial charge in [-0.2, -0.15) is 0 Å². The Morgan fingerprint density at radius 2 is 1.28 bits per heavy atom. The van der Waals surface area contributed by atoms with Gasteiger partial charge < -0.3 is 0 Å². The Morgan fingerprint density at radius 3 is 1.69 bits per heavy atom. The Kier molecular flexibility index (Phi) is 8.67. The number of hydrogen-bond acceptors (Lipinski definition) is 6. The topological polar surface area (TPSA) is 73.2 Å². The molecule has 1 N–H and O–H groups in total. The zero-order chi connectivity index (χ0) is 21.4. The average molecular weight is 521 g/mol. The van der Waals surface area contributed by atoms with Crippen molar-refractivity contribution >= 4 is 46.0 Å². The van der Waals surface area contributed by atoms with E-state index in [0.29, 0.717) is 0 Å². The van der Waals surface area contributed by atoms with Gasteiger partial charge in [0.05, 0.1) is 0 Å². The molecule has 0 aliphatic carbocycles. The van der Waals surface area contributed by atoms with E-state index in [1.807, 2.05) is 60.7 Å². The third kappa shape index (κ3) is 6.31. The molecule has 0 bridgehead atoms. The Labute approximate surface area is 185 Å². The van der Waals surface area contributed by atoms with Gasteiger partial charge in [0.25, 0.3) is 0 Å². The monoisotopic (exact) mass is 523 g/mol. The van der Waals surface area contributed by atoms with Gasteiger partial charge in [0, 0.05) is 0 Å². The van der Waals surface area contributed by atoms with E-state index in [2.05, 4.69) is 36.3 Å². The predicted octanol–water partition coefficient (Wildman–Crippen LogP) is 1.65. The fraction of sp³-hybridized carbons (Fsp3) is 0.190. The molecule has 0 heterocycles. The van der Waals surface area contributed by atoms with Crippen LogP contribution in [0, 0.1) is 4.91 Å². The van der Waals surface area contributed by atoms with Crippen LogP contribution in [0.25, 0.3) is 0 Å². The first-order chi connectivity index (χ1) is 13.8. The standard InChI is InChI=1S/C21H21N3O3Se2/c1-23(20(28)15-9-5-3-6-10-15)13-17(25)19(22-27)18(26)14-24(2)21(29)16-11-7-4-8-12-16/h3-12,25H,13-14H2,1-2H3. The number of aliphatic hydroxyl groups excluding tert-OH is 1. The van der Waals surface area contributed by atoms with E-state index in [1.165, 1.54) is 0 Å². The summed E-state index contributed by atoms with van der Waals surface area (Å²) in [7, 11) is 3.47. The minimum absolute atomic E-state index is 0.0265. The van der Waals surface area contributed by atoms with E-state index in [4.69, 9.17) is 0 Å². The third-order valence-corrected chi connectivity index (χ3v) is 6.43. The Bertz CT molecular complexity index is 931. The number of carbonyl (C=O) groups is 1. The van der Waals surface area contributed by atoms with Crippen LogP contribution in [0.5, 0.6) is 0 Å². The molecule has 0 aliphatic heterocycles. The molecule has 0 aliphatic rings. The van der Waals surface area contributed by atoms with Crippen LogP contribution in [0.2, 0.25) is 0 Å². The summed E-state index contributed by atoms with van der Waals surface area (Å²) in [6, 6.07) is 19.0. The van der Waals surface area contributed by atoms with Gasteiger partial charge in [0.15, 0.2) is 0 Å². The quantitative estimate of drug-likeness (QED) is 0.223. The number of nitrogens with zero attached hydrogens (tertiary/aromatic N) is 3. The number of likely N-dealkylation sites (N-methyl/N-ethyl adjacent to an activating group) is 2. The molecule has 0 fully saturated rings. The summed E-state index contributed by atoms with van der Waals surface area (Å²) in [4.78, 5) is 27.2. The van der Waals surface area contributed by atoms with Gasteiger partial charge in [-0.3, -0.25) is 0 Å². The molecular formula is C21H21N3O3Se2. The molecule has 6 nitrogen and oxygen atoms in total. The zero-order valence-corrected chi connectivity index (χ0v) is 19.5. The second kappa shape index (κ2) is 11.0. The molecule has 2 aromatic rings. The zero-order valence-electron chi connectivity index (χ0n) is 16.1. The van der Waals surface area contributed by atoms with Crippen molar-refractivity contribution in [1.82, 2.24) is 9.80 Å². The first kappa shape index (κ1) is 22.9. The molecule has 0 unspecified atom stereocenters. The summed E-state index contributed by atoms with van der Waals surface area (Å²) in [5.41, 5.74) is 1.38. The molecule has 0 amide bonds. The van der Waals surface area contributed by atoms with E-state index in [0.717, 1.165) is 20.2 Å². The van der Waals surface area contributed by atoms with Gasteiger partial charge in [-0.25, -0.2) is 0 Å². The number of benzene rings is 2. The van der Waals surface area contributed by atoms with Crippen LogP contribution in [0.3, 0.4) is 0 Å². The van der Waals surface area contributed by atoms with Crippen molar-refractivity contribution in [2.24, 2.45) is 5.18 Å². The van der Waals surface area contributed by atoms with Gasteiger partial charge in [0.1, 0.15) is 0 Å². The van der Waals surface area contributed by atoms with Gasteiger partial charge in [-0.05, 0) is 0 Å². The minimum atomic E-state index is -0.557. The number of ketones is 1. The summed E-state index contributed by atoms with van der Waals surface area (Å²) in [6.45, 7) is -0.124. The van der Waals surface area contributed by atoms with E-state index in [9.17, 15) is 14.8 Å². The number of nitroso groups, excluding NO2 is 1. The summed E-state index contributed by atoms with van der Waals surface area (Å²) >= 11 is 5.89. The molecule has 0 saturated carbocycles. The van der Waals surface area contributed by atoms with Gasteiger partial charge in [-0.1, -0.05) is 0 Å². The van der Waals surface area contributed by atoms with Crippen molar-refractivity contribution in [2.45, 2.75) is 0 Å². The van der Waals surface area contributed by atoms with Crippen LogP contribution in [0.15, 0.2) is 77.3 Å². The van der Waals surface area contributed by atoms with Crippen molar-refractivity contribution < 1.29 is 9.90 Å². The number of aliphatic hydroxyl groups is 1. The van der Waals surface area contributed by atoms with Crippen LogP contribution in [0.1, 0.15) is 11.1 Å². The Hall–Kier alpha value is -2.37. The second-order valence-electron chi connectivity index (χ2n) is 6.36. The van der Waals surface area contributed by atoms with Crippen LogP contribution in [-0.2, 0) is 4.79 Å². The molecule has 0 atom stereocenters. The van der Waals surface area contributed by atoms with E-state index < -0.39 is 11.5 Å². The Balaban J connectivity index is 2.08. The van der Waals surface area contributed by atoms with Crippen molar-refractivity contribution in [3.05, 3.63) is 88.2 Å². The van der Waals surface area contributed by atoms with Crippen molar-refractivity contribution in [3.63, 3.8) is 0 Å². The first-order valence-corrected chi connectivity index (χ1v) is 10.5. The van der Waals surface area contributed by atoms with Crippen LogP contribution in [-0.4, -0.2) is 88.1 Å². The molecule has 2 rings (SSSR count). The SMILES string of the molecule is CN(CC(=O)C(N=O)=C(O)CN(C)C(=[Se])c1ccccc1)C(=[Se])c1ccccc1. The summed E-state index contributed by atoms with van der Waals surface area (Å²) in [6.07, 6.45) is 0. The summed E-state index contributed by atoms with van der Waals surface area (Å²) < 4.78 is 1.53. The molecule has 0 saturated heterocycles. The molecule has 0 aromatic heterocycles. The molecule has 0 radical (unpaired) electrons. The third-order valence-electron chi connectivity index (χ3n) is 4.13. The number of rotatable bonds is 10.